The van der Waals surface area contributed by atoms with Gasteiger partial charge in [0.05, 0.1) is 23.1 Å². The van der Waals surface area contributed by atoms with E-state index in [1.54, 1.807) is 6.07 Å². The van der Waals surface area contributed by atoms with Crippen LogP contribution in [0, 0.1) is 0 Å². The lowest BCUT2D eigenvalue weighted by Crippen LogP contribution is -2.23. The molecule has 0 amide bonds. The quantitative estimate of drug-likeness (QED) is 0.478. The Morgan fingerprint density at radius 2 is 1.58 bits per heavy atom. The second-order valence-corrected chi connectivity index (χ2v) is 8.58. The molecule has 5 nitrogen and oxygen atoms in total. The maximum Gasteiger partial charge on any atom is 0.417 e. The van der Waals surface area contributed by atoms with E-state index in [2.05, 4.69) is 9.71 Å². The first kappa shape index (κ1) is 24.5. The molecule has 0 saturated heterocycles. The van der Waals surface area contributed by atoms with Gasteiger partial charge in [0.1, 0.15) is 0 Å². The molecule has 0 atom stereocenters. The molecule has 33 heavy (non-hydrogen) atoms. The van der Waals surface area contributed by atoms with Crippen molar-refractivity contribution in [2.45, 2.75) is 23.8 Å². The van der Waals surface area contributed by atoms with Crippen LogP contribution in [-0.4, -0.2) is 20.5 Å². The predicted octanol–water partition coefficient (Wildman–Crippen LogP) is 5.27. The zero-order valence-electron chi connectivity index (χ0n) is 16.8. The van der Waals surface area contributed by atoms with Crippen LogP contribution in [0.2, 0.25) is 0 Å². The van der Waals surface area contributed by atoms with Gasteiger partial charge in [-0.3, -0.25) is 0 Å². The van der Waals surface area contributed by atoms with Crippen LogP contribution in [0.4, 0.5) is 26.3 Å². The normalized spacial score (nSPS) is 12.6. The summed E-state index contributed by atoms with van der Waals surface area (Å²) in [5, 5.41) is 0. The van der Waals surface area contributed by atoms with Crippen molar-refractivity contribution in [2.75, 3.05) is 7.11 Å². The number of rotatable bonds is 6. The summed E-state index contributed by atoms with van der Waals surface area (Å²) in [5.41, 5.74) is -2.95. The minimum absolute atomic E-state index is 0.0323. The van der Waals surface area contributed by atoms with Crippen LogP contribution in [0.3, 0.4) is 0 Å². The molecule has 0 spiro atoms. The summed E-state index contributed by atoms with van der Waals surface area (Å²) in [6.45, 7) is -0.0971. The summed E-state index contributed by atoms with van der Waals surface area (Å²) in [6.07, 6.45) is -8.56. The number of pyridine rings is 1. The van der Waals surface area contributed by atoms with Crippen molar-refractivity contribution in [1.29, 1.82) is 0 Å². The molecule has 0 unspecified atom stereocenters. The fourth-order valence-corrected chi connectivity index (χ4v) is 3.97. The maximum atomic E-state index is 13.4. The highest BCUT2D eigenvalue weighted by atomic mass is 32.2. The van der Waals surface area contributed by atoms with Gasteiger partial charge in [0.2, 0.25) is 15.9 Å². The summed E-state index contributed by atoms with van der Waals surface area (Å²) in [4.78, 5) is 3.67. The lowest BCUT2D eigenvalue weighted by molar-refractivity contribution is -0.142. The Bertz CT molecular complexity index is 1240. The summed E-state index contributed by atoms with van der Waals surface area (Å²) in [7, 11) is -2.62. The highest BCUT2D eigenvalue weighted by molar-refractivity contribution is 7.89. The molecule has 1 N–H and O–H groups in total. The highest BCUT2D eigenvalue weighted by Gasteiger charge is 2.38. The molecule has 0 radical (unpaired) electrons. The van der Waals surface area contributed by atoms with E-state index in [9.17, 15) is 34.8 Å². The van der Waals surface area contributed by atoms with Crippen LogP contribution < -0.4 is 9.46 Å². The Balaban J connectivity index is 1.87. The summed E-state index contributed by atoms with van der Waals surface area (Å²) in [5.74, 6) is 0.285. The van der Waals surface area contributed by atoms with Crippen molar-refractivity contribution in [1.82, 2.24) is 9.71 Å². The largest absolute Gasteiger partial charge is 0.481 e. The lowest BCUT2D eigenvalue weighted by Gasteiger charge is -2.16. The van der Waals surface area contributed by atoms with Gasteiger partial charge >= 0.3 is 12.4 Å². The van der Waals surface area contributed by atoms with E-state index in [1.807, 2.05) is 0 Å². The van der Waals surface area contributed by atoms with Gasteiger partial charge in [-0.2, -0.15) is 26.3 Å². The number of aromatic nitrogens is 1. The molecule has 176 valence electrons. The molecule has 2 aromatic carbocycles. The van der Waals surface area contributed by atoms with E-state index >= 15 is 0 Å². The van der Waals surface area contributed by atoms with Crippen LogP contribution in [0.25, 0.3) is 11.1 Å². The van der Waals surface area contributed by atoms with Gasteiger partial charge in [-0.25, -0.2) is 18.1 Å². The Labute approximate surface area is 185 Å². The van der Waals surface area contributed by atoms with Crippen LogP contribution in [0.15, 0.2) is 65.7 Å². The van der Waals surface area contributed by atoms with Gasteiger partial charge in [-0.15, -0.1) is 0 Å². The number of nitrogens with zero attached hydrogens (tertiary/aromatic N) is 1. The van der Waals surface area contributed by atoms with E-state index in [1.165, 1.54) is 19.4 Å². The molecular weight excluding hydrogens is 474 g/mol. The summed E-state index contributed by atoms with van der Waals surface area (Å²) in [6, 6.07) is 8.72. The SMILES string of the molecule is COc1cc(CNS(=O)(=O)c2ccc(-c3ccc(C(F)(F)F)cc3C(F)(F)F)cc2)ccn1. The number of hydrogen-bond acceptors (Lipinski definition) is 4. The van der Waals surface area contributed by atoms with Crippen molar-refractivity contribution >= 4 is 10.0 Å². The van der Waals surface area contributed by atoms with E-state index in [4.69, 9.17) is 4.74 Å². The van der Waals surface area contributed by atoms with Crippen molar-refractivity contribution in [3.63, 3.8) is 0 Å². The molecule has 1 aromatic heterocycles. The van der Waals surface area contributed by atoms with E-state index < -0.39 is 39.1 Å². The Hall–Kier alpha value is -3.12. The number of methoxy groups -OCH3 is 1. The molecule has 3 rings (SSSR count). The van der Waals surface area contributed by atoms with Crippen LogP contribution in [0.5, 0.6) is 5.88 Å². The topological polar surface area (TPSA) is 68.3 Å². The third kappa shape index (κ3) is 5.82. The Morgan fingerprint density at radius 1 is 0.909 bits per heavy atom. The molecule has 3 aromatic rings. The number of benzene rings is 2. The monoisotopic (exact) mass is 490 g/mol. The number of nitrogens with one attached hydrogen (secondary N) is 1. The zero-order chi connectivity index (χ0) is 24.4. The minimum atomic E-state index is -5.05. The Morgan fingerprint density at radius 3 is 2.15 bits per heavy atom. The highest BCUT2D eigenvalue weighted by Crippen LogP contribution is 2.41. The Kier molecular flexibility index (Phi) is 6.70. The molecule has 0 bridgehead atoms. The zero-order valence-corrected chi connectivity index (χ0v) is 17.6. The minimum Gasteiger partial charge on any atom is -0.481 e. The average Bonchev–Trinajstić information content (AvgIpc) is 2.76. The van der Waals surface area contributed by atoms with Gasteiger partial charge in [0.25, 0.3) is 0 Å². The van der Waals surface area contributed by atoms with Gasteiger partial charge in [-0.05, 0) is 47.0 Å². The van der Waals surface area contributed by atoms with E-state index in [0.717, 1.165) is 24.3 Å². The third-order valence-corrected chi connectivity index (χ3v) is 6.02. The molecule has 12 heteroatoms. The first-order chi connectivity index (χ1) is 15.3. The maximum absolute atomic E-state index is 13.4. The second-order valence-electron chi connectivity index (χ2n) is 6.81. The van der Waals surface area contributed by atoms with Crippen molar-refractivity contribution < 1.29 is 39.5 Å². The number of halogens is 6. The molecule has 0 aliphatic rings. The van der Waals surface area contributed by atoms with Crippen molar-refractivity contribution in [3.8, 4) is 17.0 Å². The van der Waals surface area contributed by atoms with Gasteiger partial charge in [-0.1, -0.05) is 18.2 Å². The fraction of sp³-hybridized carbons (Fsp3) is 0.190. The summed E-state index contributed by atoms with van der Waals surface area (Å²) < 4.78 is 111. The van der Waals surface area contributed by atoms with Crippen LogP contribution in [-0.2, 0) is 28.9 Å². The summed E-state index contributed by atoms with van der Waals surface area (Å²) >= 11 is 0. The number of hydrogen-bond donors (Lipinski definition) is 1. The van der Waals surface area contributed by atoms with Crippen molar-refractivity contribution in [3.05, 3.63) is 77.5 Å². The first-order valence-corrected chi connectivity index (χ1v) is 10.7. The molecule has 0 aliphatic heterocycles. The molecule has 0 fully saturated rings. The lowest BCUT2D eigenvalue weighted by atomic mass is 9.97. The molecular formula is C21H16F6N2O3S. The fourth-order valence-electron chi connectivity index (χ4n) is 2.95. The van der Waals surface area contributed by atoms with Crippen molar-refractivity contribution in [2.24, 2.45) is 0 Å². The van der Waals surface area contributed by atoms with E-state index in [0.29, 0.717) is 17.7 Å². The number of ether oxygens (including phenoxy) is 1. The number of sulfonamides is 1. The van der Waals surface area contributed by atoms with E-state index in [-0.39, 0.29) is 29.0 Å². The van der Waals surface area contributed by atoms with Gasteiger partial charge in [0.15, 0.2) is 0 Å². The second kappa shape index (κ2) is 9.02. The van der Waals surface area contributed by atoms with Crippen LogP contribution in [0.1, 0.15) is 16.7 Å². The predicted molar refractivity (Wildman–Crippen MR) is 107 cm³/mol. The molecule has 0 aliphatic carbocycles. The third-order valence-electron chi connectivity index (χ3n) is 4.60. The van der Waals surface area contributed by atoms with Crippen LogP contribution >= 0.6 is 0 Å². The first-order valence-electron chi connectivity index (χ1n) is 9.19. The van der Waals surface area contributed by atoms with Gasteiger partial charge in [0, 0.05) is 18.8 Å². The smallest absolute Gasteiger partial charge is 0.417 e. The average molecular weight is 490 g/mol. The molecule has 1 heterocycles. The molecule has 0 saturated carbocycles. The van der Waals surface area contributed by atoms with Gasteiger partial charge < -0.3 is 4.74 Å². The number of alkyl halides is 6. The standard InChI is InChI=1S/C21H16F6N2O3S/c1-32-19-10-13(8-9-28-19)12-29-33(30,31)16-5-2-14(3-6-16)17-7-4-15(20(22,23)24)11-18(17)21(25,26)27/h2-11,29H,12H2,1H3.